The average Bonchev–Trinajstić information content (AvgIpc) is 3.13. The van der Waals surface area contributed by atoms with E-state index in [0.29, 0.717) is 38.3 Å². The minimum absolute atomic E-state index is 0.0482. The molecule has 2 amide bonds. The van der Waals surface area contributed by atoms with Crippen molar-refractivity contribution in [3.63, 3.8) is 0 Å². The Morgan fingerprint density at radius 2 is 1.91 bits per heavy atom. The van der Waals surface area contributed by atoms with Crippen molar-refractivity contribution in [3.05, 3.63) is 24.0 Å². The second-order valence-electron chi connectivity index (χ2n) is 6.04. The van der Waals surface area contributed by atoms with E-state index in [1.54, 1.807) is 0 Å². The minimum Gasteiger partial charge on any atom is -0.368 e. The van der Waals surface area contributed by atoms with Crippen molar-refractivity contribution in [2.24, 2.45) is 7.05 Å². The molecule has 1 aromatic rings. The molecule has 0 bridgehead atoms. The van der Waals surface area contributed by atoms with Crippen LogP contribution in [0.1, 0.15) is 29.6 Å². The predicted octanol–water partition coefficient (Wildman–Crippen LogP) is 0.879. The fraction of sp³-hybridized carbons (Fsp3) is 0.625. The van der Waals surface area contributed by atoms with Crippen molar-refractivity contribution in [1.82, 2.24) is 14.4 Å². The maximum atomic E-state index is 12.5. The molecule has 1 atom stereocenters. The standard InChI is InChI=1S/C16H23N3O3/c1-17-8-5-13(12-17)15(20)18-6-3-7-19(10-9-18)16(21)14-4-2-11-22-14/h5,8,12,14H,2-4,6-7,9-11H2,1H3. The average molecular weight is 305 g/mol. The zero-order chi connectivity index (χ0) is 15.5. The number of hydrogen-bond acceptors (Lipinski definition) is 3. The molecule has 120 valence electrons. The van der Waals surface area contributed by atoms with E-state index in [1.807, 2.05) is 39.9 Å². The summed E-state index contributed by atoms with van der Waals surface area (Å²) in [6, 6.07) is 1.84. The molecule has 0 radical (unpaired) electrons. The number of amides is 2. The van der Waals surface area contributed by atoms with Crippen LogP contribution in [0, 0.1) is 0 Å². The Balaban J connectivity index is 1.59. The van der Waals surface area contributed by atoms with E-state index in [0.717, 1.165) is 19.3 Å². The van der Waals surface area contributed by atoms with Crippen molar-refractivity contribution in [2.45, 2.75) is 25.4 Å². The molecule has 2 aliphatic rings. The largest absolute Gasteiger partial charge is 0.368 e. The summed E-state index contributed by atoms with van der Waals surface area (Å²) in [5, 5.41) is 0. The van der Waals surface area contributed by atoms with Crippen molar-refractivity contribution in [1.29, 1.82) is 0 Å². The molecule has 0 N–H and O–H groups in total. The first-order valence-electron chi connectivity index (χ1n) is 7.97. The highest BCUT2D eigenvalue weighted by atomic mass is 16.5. The van der Waals surface area contributed by atoms with E-state index < -0.39 is 0 Å². The Hall–Kier alpha value is -1.82. The second-order valence-corrected chi connectivity index (χ2v) is 6.04. The fourth-order valence-electron chi connectivity index (χ4n) is 3.13. The Morgan fingerprint density at radius 1 is 1.14 bits per heavy atom. The van der Waals surface area contributed by atoms with Crippen LogP contribution in [0.4, 0.5) is 0 Å². The zero-order valence-corrected chi connectivity index (χ0v) is 13.0. The van der Waals surface area contributed by atoms with E-state index in [-0.39, 0.29) is 17.9 Å². The van der Waals surface area contributed by atoms with E-state index >= 15 is 0 Å². The summed E-state index contributed by atoms with van der Waals surface area (Å²) in [4.78, 5) is 28.6. The van der Waals surface area contributed by atoms with Crippen LogP contribution in [0.3, 0.4) is 0 Å². The number of hydrogen-bond donors (Lipinski definition) is 0. The molecule has 6 heteroatoms. The van der Waals surface area contributed by atoms with Crippen LogP contribution in [0.15, 0.2) is 18.5 Å². The fourth-order valence-corrected chi connectivity index (χ4v) is 3.13. The van der Waals surface area contributed by atoms with Gasteiger partial charge in [0.25, 0.3) is 11.8 Å². The molecule has 0 saturated carbocycles. The van der Waals surface area contributed by atoms with Gasteiger partial charge in [0.1, 0.15) is 6.10 Å². The molecule has 2 fully saturated rings. The number of ether oxygens (including phenoxy) is 1. The molecule has 3 rings (SSSR count). The molecule has 2 saturated heterocycles. The van der Waals surface area contributed by atoms with Gasteiger partial charge in [-0.1, -0.05) is 0 Å². The molecule has 1 aromatic heterocycles. The van der Waals surface area contributed by atoms with Gasteiger partial charge < -0.3 is 19.1 Å². The summed E-state index contributed by atoms with van der Waals surface area (Å²) in [5.41, 5.74) is 0.710. The summed E-state index contributed by atoms with van der Waals surface area (Å²) in [6.45, 7) is 3.27. The number of aryl methyl sites for hydroxylation is 1. The lowest BCUT2D eigenvalue weighted by Crippen LogP contribution is -2.41. The van der Waals surface area contributed by atoms with Gasteiger partial charge in [-0.05, 0) is 25.3 Å². The summed E-state index contributed by atoms with van der Waals surface area (Å²) < 4.78 is 7.35. The van der Waals surface area contributed by atoms with E-state index in [2.05, 4.69) is 0 Å². The molecule has 0 spiro atoms. The Morgan fingerprint density at radius 3 is 2.59 bits per heavy atom. The molecule has 6 nitrogen and oxygen atoms in total. The summed E-state index contributed by atoms with van der Waals surface area (Å²) >= 11 is 0. The third-order valence-corrected chi connectivity index (χ3v) is 4.38. The van der Waals surface area contributed by atoms with Crippen LogP contribution in [0.5, 0.6) is 0 Å². The molecular weight excluding hydrogens is 282 g/mol. The van der Waals surface area contributed by atoms with Gasteiger partial charge in [-0.15, -0.1) is 0 Å². The summed E-state index contributed by atoms with van der Waals surface area (Å²) in [5.74, 6) is 0.138. The van der Waals surface area contributed by atoms with Gasteiger partial charge in [-0.25, -0.2) is 0 Å². The lowest BCUT2D eigenvalue weighted by Gasteiger charge is -2.24. The van der Waals surface area contributed by atoms with Crippen molar-refractivity contribution in [2.75, 3.05) is 32.8 Å². The predicted molar refractivity (Wildman–Crippen MR) is 81.5 cm³/mol. The molecule has 2 aliphatic heterocycles. The lowest BCUT2D eigenvalue weighted by atomic mass is 10.2. The smallest absolute Gasteiger partial charge is 0.255 e. The van der Waals surface area contributed by atoms with Gasteiger partial charge >= 0.3 is 0 Å². The van der Waals surface area contributed by atoms with Crippen LogP contribution in [0.25, 0.3) is 0 Å². The molecular formula is C16H23N3O3. The van der Waals surface area contributed by atoms with Gasteiger partial charge in [0.15, 0.2) is 0 Å². The van der Waals surface area contributed by atoms with Crippen molar-refractivity contribution in [3.8, 4) is 0 Å². The maximum absolute atomic E-state index is 12.5. The third-order valence-electron chi connectivity index (χ3n) is 4.38. The first kappa shape index (κ1) is 15.1. The second kappa shape index (κ2) is 6.52. The first-order chi connectivity index (χ1) is 10.6. The van der Waals surface area contributed by atoms with Gasteiger partial charge in [-0.2, -0.15) is 0 Å². The van der Waals surface area contributed by atoms with E-state index in [9.17, 15) is 9.59 Å². The van der Waals surface area contributed by atoms with E-state index in [1.165, 1.54) is 0 Å². The number of carbonyl (C=O) groups is 2. The highest BCUT2D eigenvalue weighted by Gasteiger charge is 2.30. The van der Waals surface area contributed by atoms with Gasteiger partial charge in [0, 0.05) is 52.2 Å². The first-order valence-corrected chi connectivity index (χ1v) is 7.97. The number of aromatic nitrogens is 1. The third kappa shape index (κ3) is 3.16. The Labute approximate surface area is 130 Å². The summed E-state index contributed by atoms with van der Waals surface area (Å²) in [7, 11) is 1.90. The number of rotatable bonds is 2. The SMILES string of the molecule is Cn1ccc(C(=O)N2CCCN(C(=O)C3CCCO3)CC2)c1. The number of carbonyl (C=O) groups excluding carboxylic acids is 2. The van der Waals surface area contributed by atoms with E-state index in [4.69, 9.17) is 4.74 Å². The molecule has 0 aliphatic carbocycles. The van der Waals surface area contributed by atoms with Crippen molar-refractivity contribution >= 4 is 11.8 Å². The normalized spacial score (nSPS) is 22.7. The number of nitrogens with zero attached hydrogens (tertiary/aromatic N) is 3. The van der Waals surface area contributed by atoms with Gasteiger partial charge in [0.2, 0.25) is 0 Å². The highest BCUT2D eigenvalue weighted by molar-refractivity contribution is 5.94. The van der Waals surface area contributed by atoms with Gasteiger partial charge in [0.05, 0.1) is 5.56 Å². The monoisotopic (exact) mass is 305 g/mol. The highest BCUT2D eigenvalue weighted by Crippen LogP contribution is 2.16. The van der Waals surface area contributed by atoms with Crippen molar-refractivity contribution < 1.29 is 14.3 Å². The molecule has 3 heterocycles. The molecule has 22 heavy (non-hydrogen) atoms. The van der Waals surface area contributed by atoms with Crippen LogP contribution in [0.2, 0.25) is 0 Å². The Kier molecular flexibility index (Phi) is 4.47. The summed E-state index contributed by atoms with van der Waals surface area (Å²) in [6.07, 6.45) is 6.04. The van der Waals surface area contributed by atoms with Crippen LogP contribution < -0.4 is 0 Å². The Bertz CT molecular complexity index is 549. The minimum atomic E-state index is -0.267. The quantitative estimate of drug-likeness (QED) is 0.815. The lowest BCUT2D eigenvalue weighted by molar-refractivity contribution is -0.140. The molecule has 0 aromatic carbocycles. The van der Waals surface area contributed by atoms with Gasteiger partial charge in [-0.3, -0.25) is 9.59 Å². The van der Waals surface area contributed by atoms with Crippen LogP contribution in [-0.2, 0) is 16.6 Å². The van der Waals surface area contributed by atoms with Crippen LogP contribution in [-0.4, -0.2) is 65.1 Å². The maximum Gasteiger partial charge on any atom is 0.255 e. The molecule has 1 unspecified atom stereocenters. The topological polar surface area (TPSA) is 54.8 Å². The zero-order valence-electron chi connectivity index (χ0n) is 13.0. The van der Waals surface area contributed by atoms with Crippen LogP contribution >= 0.6 is 0 Å².